The first-order chi connectivity index (χ1) is 14.3. The smallest absolute Gasteiger partial charge is 0.165 e. The summed E-state index contributed by atoms with van der Waals surface area (Å²) in [6.45, 7) is 0. The van der Waals surface area contributed by atoms with Crippen LogP contribution in [0.15, 0.2) is 97.1 Å². The van der Waals surface area contributed by atoms with Gasteiger partial charge >= 0.3 is 0 Å². The highest BCUT2D eigenvalue weighted by atomic mass is 35.5. The average molecular weight is 394 g/mol. The highest BCUT2D eigenvalue weighted by Crippen LogP contribution is 2.32. The second kappa shape index (κ2) is 7.46. The van der Waals surface area contributed by atoms with Crippen molar-refractivity contribution in [2.75, 3.05) is 0 Å². The van der Waals surface area contributed by atoms with E-state index in [9.17, 15) is 0 Å². The number of benzene rings is 4. The molecule has 0 N–H and O–H groups in total. The molecule has 0 saturated carbocycles. The maximum absolute atomic E-state index is 6.63. The molecule has 138 valence electrons. The second-order valence-electron chi connectivity index (χ2n) is 6.72. The fraction of sp³-hybridized carbons (Fsp3) is 0. The van der Waals surface area contributed by atoms with E-state index in [2.05, 4.69) is 6.07 Å². The predicted molar refractivity (Wildman–Crippen MR) is 119 cm³/mol. The van der Waals surface area contributed by atoms with Gasteiger partial charge in [0.15, 0.2) is 17.5 Å². The van der Waals surface area contributed by atoms with Crippen LogP contribution in [0.3, 0.4) is 0 Å². The molecule has 0 saturated heterocycles. The third-order valence-corrected chi connectivity index (χ3v) is 5.09. The molecule has 29 heavy (non-hydrogen) atoms. The maximum atomic E-state index is 6.63. The Labute approximate surface area is 173 Å². The summed E-state index contributed by atoms with van der Waals surface area (Å²) in [6.07, 6.45) is 0. The van der Waals surface area contributed by atoms with Crippen molar-refractivity contribution in [3.63, 3.8) is 0 Å². The molecule has 0 unspecified atom stereocenters. The summed E-state index contributed by atoms with van der Waals surface area (Å²) in [6, 6.07) is 32.0. The molecule has 0 spiro atoms. The van der Waals surface area contributed by atoms with E-state index in [1.54, 1.807) is 0 Å². The standard InChI is InChI=1S/C25H16ClN3/c26-22-16-20-14-8-7-13-19(20)15-21(22)25-28-23(17-9-3-1-4-10-17)27-24(29-25)18-11-5-2-6-12-18/h1-16H. The molecule has 1 heterocycles. The molecule has 0 radical (unpaired) electrons. The topological polar surface area (TPSA) is 38.7 Å². The minimum Gasteiger partial charge on any atom is -0.208 e. The zero-order chi connectivity index (χ0) is 19.6. The van der Waals surface area contributed by atoms with Crippen molar-refractivity contribution in [1.29, 1.82) is 0 Å². The van der Waals surface area contributed by atoms with Crippen molar-refractivity contribution < 1.29 is 0 Å². The molecule has 3 nitrogen and oxygen atoms in total. The number of hydrogen-bond acceptors (Lipinski definition) is 3. The second-order valence-corrected chi connectivity index (χ2v) is 7.12. The van der Waals surface area contributed by atoms with E-state index < -0.39 is 0 Å². The van der Waals surface area contributed by atoms with Gasteiger partial charge in [-0.05, 0) is 22.9 Å². The summed E-state index contributed by atoms with van der Waals surface area (Å²) >= 11 is 6.63. The van der Waals surface area contributed by atoms with Gasteiger partial charge in [0.2, 0.25) is 0 Å². The van der Waals surface area contributed by atoms with Crippen LogP contribution in [0.25, 0.3) is 44.9 Å². The Morgan fingerprint density at radius 1 is 0.483 bits per heavy atom. The van der Waals surface area contributed by atoms with Crippen molar-refractivity contribution >= 4 is 22.4 Å². The van der Waals surface area contributed by atoms with Crippen molar-refractivity contribution in [3.05, 3.63) is 102 Å². The van der Waals surface area contributed by atoms with Crippen LogP contribution in [0.1, 0.15) is 0 Å². The first-order valence-corrected chi connectivity index (χ1v) is 9.71. The molecule has 5 rings (SSSR count). The van der Waals surface area contributed by atoms with E-state index in [0.29, 0.717) is 22.5 Å². The van der Waals surface area contributed by atoms with E-state index >= 15 is 0 Å². The summed E-state index contributed by atoms with van der Waals surface area (Å²) in [5, 5.41) is 2.80. The molecule has 0 fully saturated rings. The Kier molecular flexibility index (Phi) is 4.51. The molecule has 0 aliphatic rings. The largest absolute Gasteiger partial charge is 0.208 e. The minimum atomic E-state index is 0.563. The molecule has 0 aliphatic carbocycles. The lowest BCUT2D eigenvalue weighted by Gasteiger charge is -2.10. The summed E-state index contributed by atoms with van der Waals surface area (Å²) in [5.41, 5.74) is 2.66. The molecule has 5 aromatic rings. The summed E-state index contributed by atoms with van der Waals surface area (Å²) in [7, 11) is 0. The summed E-state index contributed by atoms with van der Waals surface area (Å²) in [5.74, 6) is 1.81. The quantitative estimate of drug-likeness (QED) is 0.343. The highest BCUT2D eigenvalue weighted by Gasteiger charge is 2.14. The first-order valence-electron chi connectivity index (χ1n) is 9.33. The zero-order valence-corrected chi connectivity index (χ0v) is 16.2. The van der Waals surface area contributed by atoms with Gasteiger partial charge in [0.05, 0.1) is 5.02 Å². The zero-order valence-electron chi connectivity index (χ0n) is 15.5. The van der Waals surface area contributed by atoms with Crippen LogP contribution in [-0.4, -0.2) is 15.0 Å². The number of nitrogens with zero attached hydrogens (tertiary/aromatic N) is 3. The average Bonchev–Trinajstić information content (AvgIpc) is 2.79. The summed E-state index contributed by atoms with van der Waals surface area (Å²) < 4.78 is 0. The van der Waals surface area contributed by atoms with Crippen LogP contribution in [0.4, 0.5) is 0 Å². The third-order valence-electron chi connectivity index (χ3n) is 4.78. The predicted octanol–water partition coefficient (Wildman–Crippen LogP) is 6.68. The van der Waals surface area contributed by atoms with Crippen LogP contribution in [0.2, 0.25) is 5.02 Å². The van der Waals surface area contributed by atoms with E-state index in [-0.39, 0.29) is 0 Å². The number of hydrogen-bond donors (Lipinski definition) is 0. The highest BCUT2D eigenvalue weighted by molar-refractivity contribution is 6.34. The third kappa shape index (κ3) is 3.48. The van der Waals surface area contributed by atoms with E-state index in [1.807, 2.05) is 91.0 Å². The van der Waals surface area contributed by atoms with Gasteiger partial charge < -0.3 is 0 Å². The molecular weight excluding hydrogens is 378 g/mol. The molecule has 0 amide bonds. The SMILES string of the molecule is Clc1cc2ccccc2cc1-c1nc(-c2ccccc2)nc(-c2ccccc2)n1. The number of fused-ring (bicyclic) bond motifs is 1. The number of halogens is 1. The maximum Gasteiger partial charge on any atom is 0.165 e. The van der Waals surface area contributed by atoms with Gasteiger partial charge in [-0.3, -0.25) is 0 Å². The molecular formula is C25H16ClN3. The molecule has 4 aromatic carbocycles. The Morgan fingerprint density at radius 2 is 0.931 bits per heavy atom. The molecule has 4 heteroatoms. The lowest BCUT2D eigenvalue weighted by atomic mass is 10.1. The fourth-order valence-electron chi connectivity index (χ4n) is 3.31. The Balaban J connectivity index is 1.75. The van der Waals surface area contributed by atoms with Gasteiger partial charge in [-0.25, -0.2) is 15.0 Å². The Bertz CT molecular complexity index is 1240. The van der Waals surface area contributed by atoms with Gasteiger partial charge in [0.25, 0.3) is 0 Å². The van der Waals surface area contributed by atoms with Gasteiger partial charge in [-0.2, -0.15) is 0 Å². The van der Waals surface area contributed by atoms with E-state index in [1.165, 1.54) is 0 Å². The number of rotatable bonds is 3. The van der Waals surface area contributed by atoms with Crippen molar-refractivity contribution in [3.8, 4) is 34.2 Å². The van der Waals surface area contributed by atoms with Gasteiger partial charge in [0, 0.05) is 16.7 Å². The van der Waals surface area contributed by atoms with E-state index in [4.69, 9.17) is 26.6 Å². The normalized spacial score (nSPS) is 10.9. The van der Waals surface area contributed by atoms with Crippen LogP contribution < -0.4 is 0 Å². The summed E-state index contributed by atoms with van der Waals surface area (Å²) in [4.78, 5) is 14.2. The first kappa shape index (κ1) is 17.5. The lowest BCUT2D eigenvalue weighted by molar-refractivity contribution is 1.07. The molecule has 0 aliphatic heterocycles. The fourth-order valence-corrected chi connectivity index (χ4v) is 3.57. The monoisotopic (exact) mass is 393 g/mol. The van der Waals surface area contributed by atoms with Crippen LogP contribution in [-0.2, 0) is 0 Å². The molecule has 0 bridgehead atoms. The van der Waals surface area contributed by atoms with E-state index in [0.717, 1.165) is 27.5 Å². The van der Waals surface area contributed by atoms with Gasteiger partial charge in [-0.1, -0.05) is 96.5 Å². The molecule has 1 aromatic heterocycles. The van der Waals surface area contributed by atoms with Crippen LogP contribution in [0.5, 0.6) is 0 Å². The van der Waals surface area contributed by atoms with Gasteiger partial charge in [-0.15, -0.1) is 0 Å². The van der Waals surface area contributed by atoms with Crippen molar-refractivity contribution in [2.45, 2.75) is 0 Å². The van der Waals surface area contributed by atoms with Crippen molar-refractivity contribution in [2.24, 2.45) is 0 Å². The van der Waals surface area contributed by atoms with Crippen LogP contribution in [0, 0.1) is 0 Å². The minimum absolute atomic E-state index is 0.563. The molecule has 0 atom stereocenters. The Hall–Kier alpha value is -3.56. The van der Waals surface area contributed by atoms with Gasteiger partial charge in [0.1, 0.15) is 0 Å². The van der Waals surface area contributed by atoms with Crippen molar-refractivity contribution in [1.82, 2.24) is 15.0 Å². The van der Waals surface area contributed by atoms with Crippen LogP contribution >= 0.6 is 11.6 Å². The lowest BCUT2D eigenvalue weighted by Crippen LogP contribution is -2.00. The Morgan fingerprint density at radius 3 is 1.48 bits per heavy atom. The number of aromatic nitrogens is 3.